The Labute approximate surface area is 210 Å². The maximum Gasteiger partial charge on any atom is 0.253 e. The van der Waals surface area contributed by atoms with Crippen LogP contribution in [0.15, 0.2) is 97.1 Å². The third-order valence-corrected chi connectivity index (χ3v) is 6.84. The molecule has 36 heavy (non-hydrogen) atoms. The molecule has 8 heteroatoms. The van der Waals surface area contributed by atoms with Crippen LogP contribution >= 0.6 is 0 Å². The van der Waals surface area contributed by atoms with Crippen LogP contribution in [0, 0.1) is 0 Å². The number of fused-ring (bicyclic) bond motifs is 1. The van der Waals surface area contributed by atoms with Crippen molar-refractivity contribution >= 4 is 44.0 Å². The standard InChI is InChI=1S/C28H27N3O4S/c1-36(34,35)31(26-17-9-13-22-12-5-6-14-23(22)26)20-27(32)30-25-16-8-7-15-24(25)28(33)29-19-18-21-10-3-2-4-11-21/h2-17H,18-20H2,1H3,(H,29,33)(H,30,32). The number of nitrogens with one attached hydrogen (secondary N) is 2. The molecule has 4 aromatic rings. The molecule has 0 spiro atoms. The van der Waals surface area contributed by atoms with Gasteiger partial charge in [0.15, 0.2) is 0 Å². The van der Waals surface area contributed by atoms with Gasteiger partial charge in [0.25, 0.3) is 5.91 Å². The number of carbonyl (C=O) groups excluding carboxylic acids is 2. The van der Waals surface area contributed by atoms with Crippen LogP contribution in [0.25, 0.3) is 10.8 Å². The van der Waals surface area contributed by atoms with E-state index in [1.807, 2.05) is 60.7 Å². The van der Waals surface area contributed by atoms with Crippen LogP contribution in [0.3, 0.4) is 0 Å². The van der Waals surface area contributed by atoms with Crippen LogP contribution in [-0.2, 0) is 21.2 Å². The predicted molar refractivity (Wildman–Crippen MR) is 144 cm³/mol. The third kappa shape index (κ3) is 6.09. The molecule has 0 bridgehead atoms. The molecule has 0 saturated heterocycles. The summed E-state index contributed by atoms with van der Waals surface area (Å²) in [5.41, 5.74) is 2.13. The van der Waals surface area contributed by atoms with Crippen LogP contribution in [-0.4, -0.2) is 39.6 Å². The molecule has 0 unspecified atom stereocenters. The van der Waals surface area contributed by atoms with E-state index in [1.165, 1.54) is 0 Å². The Balaban J connectivity index is 1.49. The first-order valence-corrected chi connectivity index (χ1v) is 13.3. The lowest BCUT2D eigenvalue weighted by Crippen LogP contribution is -2.38. The molecular weight excluding hydrogens is 474 g/mol. The minimum Gasteiger partial charge on any atom is -0.352 e. The molecule has 0 aliphatic rings. The molecule has 0 aliphatic heterocycles. The van der Waals surface area contributed by atoms with Gasteiger partial charge in [-0.1, -0.05) is 78.9 Å². The van der Waals surface area contributed by atoms with Crippen molar-refractivity contribution in [2.75, 3.05) is 29.0 Å². The summed E-state index contributed by atoms with van der Waals surface area (Å²) in [6, 6.07) is 29.1. The second-order valence-electron chi connectivity index (χ2n) is 8.35. The molecule has 0 radical (unpaired) electrons. The molecule has 4 rings (SSSR count). The Morgan fingerprint density at radius 2 is 1.47 bits per heavy atom. The Bertz CT molecular complexity index is 1480. The summed E-state index contributed by atoms with van der Waals surface area (Å²) in [5.74, 6) is -0.881. The quantitative estimate of drug-likeness (QED) is 0.359. The monoisotopic (exact) mass is 501 g/mol. The van der Waals surface area contributed by atoms with Gasteiger partial charge < -0.3 is 10.6 Å². The van der Waals surface area contributed by atoms with Gasteiger partial charge >= 0.3 is 0 Å². The topological polar surface area (TPSA) is 95.6 Å². The number of hydrogen-bond acceptors (Lipinski definition) is 4. The third-order valence-electron chi connectivity index (χ3n) is 5.71. The molecular formula is C28H27N3O4S. The van der Waals surface area contributed by atoms with E-state index in [4.69, 9.17) is 0 Å². The molecule has 0 fully saturated rings. The maximum absolute atomic E-state index is 13.0. The number of para-hydroxylation sites is 1. The van der Waals surface area contributed by atoms with E-state index in [1.54, 1.807) is 36.4 Å². The van der Waals surface area contributed by atoms with E-state index in [-0.39, 0.29) is 5.91 Å². The zero-order valence-electron chi connectivity index (χ0n) is 19.8. The molecule has 184 valence electrons. The van der Waals surface area contributed by atoms with E-state index in [0.717, 1.165) is 26.9 Å². The highest BCUT2D eigenvalue weighted by atomic mass is 32.2. The second-order valence-corrected chi connectivity index (χ2v) is 10.3. The molecule has 0 aliphatic carbocycles. The first-order valence-electron chi connectivity index (χ1n) is 11.5. The highest BCUT2D eigenvalue weighted by molar-refractivity contribution is 7.92. The number of amides is 2. The molecule has 0 heterocycles. The number of rotatable bonds is 9. The van der Waals surface area contributed by atoms with Crippen molar-refractivity contribution in [3.05, 3.63) is 108 Å². The lowest BCUT2D eigenvalue weighted by Gasteiger charge is -2.23. The van der Waals surface area contributed by atoms with Crippen molar-refractivity contribution in [1.29, 1.82) is 0 Å². The van der Waals surface area contributed by atoms with E-state index >= 15 is 0 Å². The minimum atomic E-state index is -3.77. The number of hydrogen-bond donors (Lipinski definition) is 2. The fraction of sp³-hybridized carbons (Fsp3) is 0.143. The fourth-order valence-electron chi connectivity index (χ4n) is 3.98. The Hall–Kier alpha value is -4.17. The molecule has 0 saturated carbocycles. The summed E-state index contributed by atoms with van der Waals surface area (Å²) in [7, 11) is -3.77. The van der Waals surface area contributed by atoms with E-state index in [9.17, 15) is 18.0 Å². The van der Waals surface area contributed by atoms with Gasteiger partial charge in [-0.2, -0.15) is 0 Å². The minimum absolute atomic E-state index is 0.301. The predicted octanol–water partition coefficient (Wildman–Crippen LogP) is 4.22. The normalized spacial score (nSPS) is 11.1. The summed E-state index contributed by atoms with van der Waals surface area (Å²) in [5, 5.41) is 7.17. The molecule has 2 amide bonds. The second kappa shape index (κ2) is 11.0. The van der Waals surface area contributed by atoms with Crippen molar-refractivity contribution in [3.63, 3.8) is 0 Å². The average Bonchev–Trinajstić information content (AvgIpc) is 2.87. The SMILES string of the molecule is CS(=O)(=O)N(CC(=O)Nc1ccccc1C(=O)NCCc1ccccc1)c1cccc2ccccc12. The van der Waals surface area contributed by atoms with Gasteiger partial charge in [0, 0.05) is 11.9 Å². The molecule has 0 aromatic heterocycles. The van der Waals surface area contributed by atoms with Gasteiger partial charge in [-0.3, -0.25) is 13.9 Å². The smallest absolute Gasteiger partial charge is 0.253 e. The van der Waals surface area contributed by atoms with Gasteiger partial charge in [-0.05, 0) is 35.6 Å². The summed E-state index contributed by atoms with van der Waals surface area (Å²) < 4.78 is 26.4. The van der Waals surface area contributed by atoms with Crippen molar-refractivity contribution in [2.45, 2.75) is 6.42 Å². The van der Waals surface area contributed by atoms with Gasteiger partial charge in [-0.15, -0.1) is 0 Å². The van der Waals surface area contributed by atoms with Crippen LogP contribution < -0.4 is 14.9 Å². The number of anilines is 2. The van der Waals surface area contributed by atoms with Crippen molar-refractivity contribution in [3.8, 4) is 0 Å². The van der Waals surface area contributed by atoms with Crippen LogP contribution in [0.5, 0.6) is 0 Å². The van der Waals surface area contributed by atoms with Crippen molar-refractivity contribution < 1.29 is 18.0 Å². The van der Waals surface area contributed by atoms with Gasteiger partial charge in [-0.25, -0.2) is 8.42 Å². The number of benzene rings is 4. The van der Waals surface area contributed by atoms with Gasteiger partial charge in [0.2, 0.25) is 15.9 Å². The lowest BCUT2D eigenvalue weighted by molar-refractivity contribution is -0.114. The Morgan fingerprint density at radius 1 is 0.806 bits per heavy atom. The molecule has 7 nitrogen and oxygen atoms in total. The van der Waals surface area contributed by atoms with Crippen LogP contribution in [0.2, 0.25) is 0 Å². The van der Waals surface area contributed by atoms with Crippen LogP contribution in [0.1, 0.15) is 15.9 Å². The average molecular weight is 502 g/mol. The maximum atomic E-state index is 13.0. The summed E-state index contributed by atoms with van der Waals surface area (Å²) >= 11 is 0. The summed E-state index contributed by atoms with van der Waals surface area (Å²) in [6.45, 7) is 0.00483. The fourth-order valence-corrected chi connectivity index (χ4v) is 4.85. The van der Waals surface area contributed by atoms with E-state index in [2.05, 4.69) is 10.6 Å². The van der Waals surface area contributed by atoms with Crippen LogP contribution in [0.4, 0.5) is 11.4 Å². The first-order chi connectivity index (χ1) is 17.3. The van der Waals surface area contributed by atoms with E-state index < -0.39 is 22.5 Å². The highest BCUT2D eigenvalue weighted by Crippen LogP contribution is 2.28. The zero-order chi connectivity index (χ0) is 25.5. The van der Waals surface area contributed by atoms with Crippen molar-refractivity contribution in [1.82, 2.24) is 5.32 Å². The molecule has 4 aromatic carbocycles. The highest BCUT2D eigenvalue weighted by Gasteiger charge is 2.23. The van der Waals surface area contributed by atoms with E-state index in [0.29, 0.717) is 29.9 Å². The number of carbonyl (C=O) groups is 2. The Kier molecular flexibility index (Phi) is 7.65. The first kappa shape index (κ1) is 24.9. The number of sulfonamides is 1. The lowest BCUT2D eigenvalue weighted by atomic mass is 10.1. The van der Waals surface area contributed by atoms with Gasteiger partial charge in [0.05, 0.1) is 23.2 Å². The molecule has 2 N–H and O–H groups in total. The zero-order valence-corrected chi connectivity index (χ0v) is 20.7. The largest absolute Gasteiger partial charge is 0.352 e. The van der Waals surface area contributed by atoms with Crippen molar-refractivity contribution in [2.24, 2.45) is 0 Å². The summed E-state index contributed by atoms with van der Waals surface area (Å²) in [4.78, 5) is 25.8. The van der Waals surface area contributed by atoms with Gasteiger partial charge in [0.1, 0.15) is 6.54 Å². The summed E-state index contributed by atoms with van der Waals surface area (Å²) in [6.07, 6.45) is 1.74. The molecule has 0 atom stereocenters. The Morgan fingerprint density at radius 3 is 2.25 bits per heavy atom. The number of nitrogens with zero attached hydrogens (tertiary/aromatic N) is 1.